The highest BCUT2D eigenvalue weighted by Crippen LogP contribution is 2.51. The molecule has 2 atom stereocenters. The largest absolute Gasteiger partial charge is 0.598 e. The van der Waals surface area contributed by atoms with E-state index < -0.39 is 11.4 Å². The minimum atomic E-state index is -1.13. The number of fused-ring (bicyclic) bond motifs is 1. The number of carbonyl (C=O) groups excluding carboxylic acids is 1. The number of benzene rings is 1. The molecule has 0 aromatic heterocycles. The van der Waals surface area contributed by atoms with Crippen molar-refractivity contribution in [1.29, 1.82) is 0 Å². The fourth-order valence-corrected chi connectivity index (χ4v) is 5.05. The Morgan fingerprint density at radius 1 is 1.31 bits per heavy atom. The van der Waals surface area contributed by atoms with Crippen LogP contribution < -0.4 is 10.0 Å². The van der Waals surface area contributed by atoms with Crippen molar-refractivity contribution < 1.29 is 9.35 Å². The van der Waals surface area contributed by atoms with Crippen LogP contribution in [0.15, 0.2) is 18.2 Å². The number of nitrogens with one attached hydrogen (secondary N) is 2. The maximum absolute atomic E-state index is 12.8. The second-order valence-corrected chi connectivity index (χ2v) is 10.8. The molecule has 1 aliphatic heterocycles. The molecule has 1 aromatic carbocycles. The van der Waals surface area contributed by atoms with E-state index in [1.165, 1.54) is 11.1 Å². The Balaban J connectivity index is 1.96. The van der Waals surface area contributed by atoms with Gasteiger partial charge in [0, 0.05) is 36.4 Å². The number of amides is 1. The molecule has 26 heavy (non-hydrogen) atoms. The first-order valence-corrected chi connectivity index (χ1v) is 10.5. The molecule has 1 aliphatic carbocycles. The molecule has 1 unspecified atom stereocenters. The van der Waals surface area contributed by atoms with Crippen molar-refractivity contribution in [1.82, 2.24) is 14.9 Å². The average molecular weight is 378 g/mol. The van der Waals surface area contributed by atoms with Gasteiger partial charge in [-0.1, -0.05) is 6.07 Å². The lowest BCUT2D eigenvalue weighted by molar-refractivity contribution is 0.0827. The van der Waals surface area contributed by atoms with E-state index in [0.29, 0.717) is 0 Å². The molecular formula is C20H31N3O2S. The van der Waals surface area contributed by atoms with Crippen molar-refractivity contribution in [3.63, 3.8) is 0 Å². The second kappa shape index (κ2) is 7.15. The maximum Gasteiger partial charge on any atom is 0.253 e. The Hall–Kier alpha value is -1.08. The summed E-state index contributed by atoms with van der Waals surface area (Å²) in [5.41, 5.74) is 3.24. The molecule has 2 aliphatic rings. The van der Waals surface area contributed by atoms with Crippen molar-refractivity contribution in [3.8, 4) is 0 Å². The molecule has 3 rings (SSSR count). The van der Waals surface area contributed by atoms with Crippen LogP contribution in [0.25, 0.3) is 0 Å². The summed E-state index contributed by atoms with van der Waals surface area (Å²) in [6.45, 7) is 7.97. The van der Waals surface area contributed by atoms with Crippen molar-refractivity contribution in [2.45, 2.75) is 50.8 Å². The normalized spacial score (nSPS) is 22.9. The molecule has 1 saturated heterocycles. The molecule has 5 nitrogen and oxygen atoms in total. The molecule has 1 spiro atoms. The molecule has 0 radical (unpaired) electrons. The number of carbonyl (C=O) groups is 1. The number of piperidine rings is 1. The quantitative estimate of drug-likeness (QED) is 0.794. The topological polar surface area (TPSA) is 67.4 Å². The Kier molecular flexibility index (Phi) is 5.41. The van der Waals surface area contributed by atoms with Crippen LogP contribution in [0, 0.1) is 5.41 Å². The van der Waals surface area contributed by atoms with Crippen LogP contribution in [0.4, 0.5) is 0 Å². The van der Waals surface area contributed by atoms with E-state index in [9.17, 15) is 9.35 Å². The zero-order valence-corrected chi connectivity index (χ0v) is 17.3. The van der Waals surface area contributed by atoms with E-state index in [2.05, 4.69) is 16.1 Å². The van der Waals surface area contributed by atoms with Gasteiger partial charge < -0.3 is 14.8 Å². The Morgan fingerprint density at radius 3 is 2.54 bits per heavy atom. The zero-order chi connectivity index (χ0) is 19.1. The molecule has 1 aromatic rings. The Morgan fingerprint density at radius 2 is 1.96 bits per heavy atom. The van der Waals surface area contributed by atoms with E-state index in [1.807, 2.05) is 32.9 Å². The van der Waals surface area contributed by atoms with E-state index in [1.54, 1.807) is 19.0 Å². The summed E-state index contributed by atoms with van der Waals surface area (Å²) in [5, 5.41) is 3.45. The number of hydrogen-bond donors (Lipinski definition) is 2. The monoisotopic (exact) mass is 377 g/mol. The third-order valence-electron chi connectivity index (χ3n) is 5.64. The lowest BCUT2D eigenvalue weighted by atomic mass is 9.73. The van der Waals surface area contributed by atoms with Gasteiger partial charge in [0.25, 0.3) is 5.91 Å². The highest BCUT2D eigenvalue weighted by molar-refractivity contribution is 7.90. The van der Waals surface area contributed by atoms with Gasteiger partial charge >= 0.3 is 0 Å². The first-order chi connectivity index (χ1) is 12.1. The summed E-state index contributed by atoms with van der Waals surface area (Å²) in [7, 11) is 3.56. The van der Waals surface area contributed by atoms with E-state index in [0.717, 1.165) is 37.9 Å². The average Bonchev–Trinajstić information content (AvgIpc) is 2.86. The number of nitrogens with zero attached hydrogens (tertiary/aromatic N) is 1. The van der Waals surface area contributed by atoms with Gasteiger partial charge in [-0.05, 0) is 76.4 Å². The fourth-order valence-electron chi connectivity index (χ4n) is 4.11. The highest BCUT2D eigenvalue weighted by atomic mass is 32.2. The molecule has 0 bridgehead atoms. The minimum absolute atomic E-state index is 0.0295. The first-order valence-electron chi connectivity index (χ1n) is 9.37. The van der Waals surface area contributed by atoms with Gasteiger partial charge in [0.1, 0.15) is 4.75 Å². The van der Waals surface area contributed by atoms with Crippen LogP contribution in [0.2, 0.25) is 0 Å². The Bertz CT molecular complexity index is 678. The summed E-state index contributed by atoms with van der Waals surface area (Å²) in [5.74, 6) is 0.0295. The molecule has 6 heteroatoms. The van der Waals surface area contributed by atoms with Gasteiger partial charge in [0.15, 0.2) is 0 Å². The van der Waals surface area contributed by atoms with Crippen molar-refractivity contribution in [2.75, 3.05) is 27.2 Å². The zero-order valence-electron chi connectivity index (χ0n) is 16.5. The highest BCUT2D eigenvalue weighted by Gasteiger charge is 2.49. The van der Waals surface area contributed by atoms with Crippen LogP contribution in [-0.2, 0) is 17.8 Å². The fraction of sp³-hybridized carbons (Fsp3) is 0.650. The number of rotatable bonds is 3. The Labute approximate surface area is 160 Å². The van der Waals surface area contributed by atoms with Crippen molar-refractivity contribution in [3.05, 3.63) is 34.9 Å². The predicted molar refractivity (Wildman–Crippen MR) is 106 cm³/mol. The molecule has 1 amide bonds. The summed E-state index contributed by atoms with van der Waals surface area (Å²) in [6, 6.07) is 6.10. The predicted octanol–water partition coefficient (Wildman–Crippen LogP) is 2.41. The SMILES string of the molecule is CN(C)C(=O)c1ccc2c(c1)CC1(CCNCC1)[C@@H]2N[S+]([O-])C(C)(C)C. The van der Waals surface area contributed by atoms with Crippen LogP contribution in [0.3, 0.4) is 0 Å². The second-order valence-electron chi connectivity index (χ2n) is 8.83. The minimum Gasteiger partial charge on any atom is -0.598 e. The summed E-state index contributed by atoms with van der Waals surface area (Å²) in [6.07, 6.45) is 3.05. The molecule has 2 N–H and O–H groups in total. The van der Waals surface area contributed by atoms with Gasteiger partial charge in [-0.3, -0.25) is 4.79 Å². The smallest absolute Gasteiger partial charge is 0.253 e. The van der Waals surface area contributed by atoms with Crippen LogP contribution in [0.1, 0.15) is 61.1 Å². The molecule has 144 valence electrons. The van der Waals surface area contributed by atoms with E-state index in [4.69, 9.17) is 0 Å². The van der Waals surface area contributed by atoms with Crippen molar-refractivity contribution >= 4 is 17.3 Å². The first kappa shape index (κ1) is 19.7. The van der Waals surface area contributed by atoms with Crippen LogP contribution >= 0.6 is 0 Å². The molecule has 1 fully saturated rings. The summed E-state index contributed by atoms with van der Waals surface area (Å²) in [4.78, 5) is 14.0. The summed E-state index contributed by atoms with van der Waals surface area (Å²) < 4.78 is 16.0. The molecule has 1 heterocycles. The lowest BCUT2D eigenvalue weighted by Gasteiger charge is -2.40. The van der Waals surface area contributed by atoms with Gasteiger partial charge in [-0.2, -0.15) is 0 Å². The maximum atomic E-state index is 12.8. The molecular weight excluding hydrogens is 346 g/mol. The summed E-state index contributed by atoms with van der Waals surface area (Å²) >= 11 is -1.13. The standard InChI is InChI=1S/C20H31N3O2S/c1-19(2,3)26(25)22-17-16-7-6-14(18(24)23(4)5)12-15(16)13-20(17)8-10-21-11-9-20/h6-7,12,17,21-22H,8-11,13H2,1-5H3/t17-,26?/m1/s1. The van der Waals surface area contributed by atoms with E-state index in [-0.39, 0.29) is 22.1 Å². The van der Waals surface area contributed by atoms with Crippen LogP contribution in [-0.4, -0.2) is 47.3 Å². The van der Waals surface area contributed by atoms with Gasteiger partial charge in [0.05, 0.1) is 6.04 Å². The third-order valence-corrected chi connectivity index (χ3v) is 7.20. The van der Waals surface area contributed by atoms with Crippen LogP contribution in [0.5, 0.6) is 0 Å². The lowest BCUT2D eigenvalue weighted by Crippen LogP contribution is -2.48. The molecule has 0 saturated carbocycles. The van der Waals surface area contributed by atoms with Crippen molar-refractivity contribution in [2.24, 2.45) is 5.41 Å². The van der Waals surface area contributed by atoms with Gasteiger partial charge in [-0.15, -0.1) is 4.72 Å². The number of hydrogen-bond acceptors (Lipinski definition) is 4. The third kappa shape index (κ3) is 3.65. The van der Waals surface area contributed by atoms with Gasteiger partial charge in [0.2, 0.25) is 0 Å². The van der Waals surface area contributed by atoms with Gasteiger partial charge in [-0.25, -0.2) is 0 Å². The van der Waals surface area contributed by atoms with E-state index >= 15 is 0 Å².